The molecule has 0 saturated heterocycles. The van der Waals surface area contributed by atoms with E-state index in [2.05, 4.69) is 5.43 Å². The summed E-state index contributed by atoms with van der Waals surface area (Å²) in [6, 6.07) is 4.68. The van der Waals surface area contributed by atoms with E-state index in [1.165, 1.54) is 12.1 Å². The second kappa shape index (κ2) is 4.11. The molecule has 1 atom stereocenters. The molecular formula is C9H14N2O2. The molecule has 0 bridgehead atoms. The highest BCUT2D eigenvalue weighted by Gasteiger charge is 2.08. The predicted molar refractivity (Wildman–Crippen MR) is 50.1 cm³/mol. The average Bonchev–Trinajstić information content (AvgIpc) is 2.13. The number of hydrogen-bond acceptors (Lipinski definition) is 4. The minimum Gasteiger partial charge on any atom is -0.504 e. The molecule has 4 nitrogen and oxygen atoms in total. The monoisotopic (exact) mass is 182 g/mol. The fraction of sp³-hybridized carbons (Fsp3) is 0.333. The highest BCUT2D eigenvalue weighted by atomic mass is 16.3. The van der Waals surface area contributed by atoms with E-state index >= 15 is 0 Å². The van der Waals surface area contributed by atoms with Crippen molar-refractivity contribution in [1.82, 2.24) is 5.43 Å². The van der Waals surface area contributed by atoms with E-state index in [1.807, 2.05) is 6.92 Å². The molecule has 0 radical (unpaired) electrons. The van der Waals surface area contributed by atoms with Crippen molar-refractivity contribution in [2.45, 2.75) is 19.4 Å². The summed E-state index contributed by atoms with van der Waals surface area (Å²) in [5, 5.41) is 18.3. The molecule has 1 unspecified atom stereocenters. The Labute approximate surface area is 77.0 Å². The first-order chi connectivity index (χ1) is 6.19. The standard InChI is InChI=1S/C9H14N2O2/c1-2-7(11-10)6-3-4-8(12)9(13)5-6/h3-5,7,11-13H,2,10H2,1H3. The fourth-order valence-corrected chi connectivity index (χ4v) is 1.21. The highest BCUT2D eigenvalue weighted by molar-refractivity contribution is 5.41. The minimum absolute atomic E-state index is 0.00602. The van der Waals surface area contributed by atoms with Crippen LogP contribution in [-0.4, -0.2) is 10.2 Å². The lowest BCUT2D eigenvalue weighted by molar-refractivity contribution is 0.401. The lowest BCUT2D eigenvalue weighted by atomic mass is 10.0. The van der Waals surface area contributed by atoms with Gasteiger partial charge in [0.25, 0.3) is 0 Å². The van der Waals surface area contributed by atoms with Crippen LogP contribution in [0.3, 0.4) is 0 Å². The van der Waals surface area contributed by atoms with E-state index in [0.29, 0.717) is 0 Å². The molecule has 1 aromatic carbocycles. The topological polar surface area (TPSA) is 78.5 Å². The SMILES string of the molecule is CCC(NN)c1ccc(O)c(O)c1. The van der Waals surface area contributed by atoms with E-state index in [-0.39, 0.29) is 17.5 Å². The number of hydrogen-bond donors (Lipinski definition) is 4. The van der Waals surface area contributed by atoms with E-state index < -0.39 is 0 Å². The van der Waals surface area contributed by atoms with Crippen molar-refractivity contribution >= 4 is 0 Å². The minimum atomic E-state index is -0.119. The Kier molecular flexibility index (Phi) is 3.11. The molecule has 0 heterocycles. The second-order valence-corrected chi connectivity index (χ2v) is 2.88. The van der Waals surface area contributed by atoms with Crippen molar-refractivity contribution in [2.24, 2.45) is 5.84 Å². The maximum atomic E-state index is 9.22. The van der Waals surface area contributed by atoms with Gasteiger partial charge in [-0.1, -0.05) is 13.0 Å². The quantitative estimate of drug-likeness (QED) is 0.319. The molecular weight excluding hydrogens is 168 g/mol. The van der Waals surface area contributed by atoms with Crippen molar-refractivity contribution in [3.63, 3.8) is 0 Å². The second-order valence-electron chi connectivity index (χ2n) is 2.88. The van der Waals surface area contributed by atoms with Crippen molar-refractivity contribution in [3.05, 3.63) is 23.8 Å². The highest BCUT2D eigenvalue weighted by Crippen LogP contribution is 2.28. The zero-order valence-electron chi connectivity index (χ0n) is 7.49. The normalized spacial score (nSPS) is 12.8. The van der Waals surface area contributed by atoms with Gasteiger partial charge in [0.15, 0.2) is 11.5 Å². The first-order valence-corrected chi connectivity index (χ1v) is 4.17. The summed E-state index contributed by atoms with van der Waals surface area (Å²) in [4.78, 5) is 0. The molecule has 0 aliphatic carbocycles. The van der Waals surface area contributed by atoms with Gasteiger partial charge in [0, 0.05) is 6.04 Å². The maximum absolute atomic E-state index is 9.22. The summed E-state index contributed by atoms with van der Waals surface area (Å²) in [7, 11) is 0. The summed E-state index contributed by atoms with van der Waals surface area (Å²) in [6.07, 6.45) is 0.820. The largest absolute Gasteiger partial charge is 0.504 e. The van der Waals surface area contributed by atoms with Crippen molar-refractivity contribution in [2.75, 3.05) is 0 Å². The van der Waals surface area contributed by atoms with Crippen LogP contribution in [0, 0.1) is 0 Å². The van der Waals surface area contributed by atoms with Gasteiger partial charge < -0.3 is 10.2 Å². The van der Waals surface area contributed by atoms with Gasteiger partial charge in [-0.25, -0.2) is 0 Å². The Morgan fingerprint density at radius 2 is 2.08 bits per heavy atom. The molecule has 13 heavy (non-hydrogen) atoms. The van der Waals surface area contributed by atoms with E-state index in [0.717, 1.165) is 12.0 Å². The summed E-state index contributed by atoms with van der Waals surface area (Å²) < 4.78 is 0. The Morgan fingerprint density at radius 3 is 2.54 bits per heavy atom. The molecule has 0 spiro atoms. The van der Waals surface area contributed by atoms with Crippen LogP contribution in [-0.2, 0) is 0 Å². The summed E-state index contributed by atoms with van der Waals surface area (Å²) in [5.74, 6) is 5.07. The lowest BCUT2D eigenvalue weighted by Gasteiger charge is -2.14. The van der Waals surface area contributed by atoms with Crippen LogP contribution in [0.15, 0.2) is 18.2 Å². The number of hydrazine groups is 1. The van der Waals surface area contributed by atoms with E-state index in [9.17, 15) is 5.11 Å². The van der Waals surface area contributed by atoms with Crippen molar-refractivity contribution in [1.29, 1.82) is 0 Å². The molecule has 1 rings (SSSR count). The molecule has 0 saturated carbocycles. The number of benzene rings is 1. The average molecular weight is 182 g/mol. The molecule has 72 valence electrons. The van der Waals surface area contributed by atoms with Gasteiger partial charge >= 0.3 is 0 Å². The van der Waals surface area contributed by atoms with Gasteiger partial charge in [0.05, 0.1) is 0 Å². The van der Waals surface area contributed by atoms with Crippen LogP contribution in [0.1, 0.15) is 24.9 Å². The molecule has 0 aliphatic heterocycles. The number of aromatic hydroxyl groups is 2. The van der Waals surface area contributed by atoms with Crippen LogP contribution in [0.5, 0.6) is 11.5 Å². The van der Waals surface area contributed by atoms with Gasteiger partial charge in [-0.15, -0.1) is 0 Å². The van der Waals surface area contributed by atoms with Crippen LogP contribution < -0.4 is 11.3 Å². The van der Waals surface area contributed by atoms with Crippen LogP contribution >= 0.6 is 0 Å². The Bertz CT molecular complexity index is 285. The van der Waals surface area contributed by atoms with Crippen LogP contribution in [0.2, 0.25) is 0 Å². The third-order valence-corrected chi connectivity index (χ3v) is 2.01. The fourth-order valence-electron chi connectivity index (χ4n) is 1.21. The third-order valence-electron chi connectivity index (χ3n) is 2.01. The van der Waals surface area contributed by atoms with E-state index in [4.69, 9.17) is 10.9 Å². The van der Waals surface area contributed by atoms with Gasteiger partial charge in [-0.05, 0) is 24.1 Å². The molecule has 0 amide bonds. The number of nitrogens with two attached hydrogens (primary N) is 1. The summed E-state index contributed by atoms with van der Waals surface area (Å²) >= 11 is 0. The van der Waals surface area contributed by atoms with Crippen LogP contribution in [0.25, 0.3) is 0 Å². The van der Waals surface area contributed by atoms with Gasteiger partial charge in [-0.2, -0.15) is 0 Å². The van der Waals surface area contributed by atoms with Crippen LogP contribution in [0.4, 0.5) is 0 Å². The lowest BCUT2D eigenvalue weighted by Crippen LogP contribution is -2.27. The molecule has 0 aliphatic rings. The molecule has 4 heteroatoms. The van der Waals surface area contributed by atoms with Crippen molar-refractivity contribution < 1.29 is 10.2 Å². The molecule has 0 aromatic heterocycles. The van der Waals surface area contributed by atoms with Crippen molar-refractivity contribution in [3.8, 4) is 11.5 Å². The summed E-state index contributed by atoms with van der Waals surface area (Å²) in [5.41, 5.74) is 3.48. The summed E-state index contributed by atoms with van der Waals surface area (Å²) in [6.45, 7) is 1.98. The Hall–Kier alpha value is -1.26. The maximum Gasteiger partial charge on any atom is 0.157 e. The van der Waals surface area contributed by atoms with E-state index in [1.54, 1.807) is 6.07 Å². The molecule has 5 N–H and O–H groups in total. The molecule has 1 aromatic rings. The van der Waals surface area contributed by atoms with Gasteiger partial charge in [0.1, 0.15) is 0 Å². The third kappa shape index (κ3) is 2.11. The number of phenols is 2. The predicted octanol–water partition coefficient (Wildman–Crippen LogP) is 1.01. The number of phenolic OH excluding ortho intramolecular Hbond substituents is 2. The number of rotatable bonds is 3. The number of nitrogens with one attached hydrogen (secondary N) is 1. The first kappa shape index (κ1) is 9.83. The Morgan fingerprint density at radius 1 is 1.38 bits per heavy atom. The first-order valence-electron chi connectivity index (χ1n) is 4.17. The van der Waals surface area contributed by atoms with Gasteiger partial charge in [0.2, 0.25) is 0 Å². The zero-order valence-corrected chi connectivity index (χ0v) is 7.49. The Balaban J connectivity index is 2.95. The smallest absolute Gasteiger partial charge is 0.157 e. The molecule has 0 fully saturated rings. The zero-order chi connectivity index (χ0) is 9.84. The van der Waals surface area contributed by atoms with Gasteiger partial charge in [-0.3, -0.25) is 11.3 Å².